The number of carboxylic acid groups (broad SMARTS) is 2. The van der Waals surface area contributed by atoms with Crippen LogP contribution in [0.25, 0.3) is 11.0 Å². The third-order valence-electron chi connectivity index (χ3n) is 4.92. The van der Waals surface area contributed by atoms with E-state index < -0.39 is 36.5 Å². The molecule has 0 unspecified atom stereocenters. The van der Waals surface area contributed by atoms with E-state index in [-0.39, 0.29) is 18.4 Å². The van der Waals surface area contributed by atoms with Crippen molar-refractivity contribution in [2.75, 3.05) is 18.0 Å². The van der Waals surface area contributed by atoms with Crippen molar-refractivity contribution in [3.63, 3.8) is 0 Å². The molecule has 0 radical (unpaired) electrons. The van der Waals surface area contributed by atoms with E-state index in [0.29, 0.717) is 6.54 Å². The Hall–Kier alpha value is -2.39. The zero-order valence-electron chi connectivity index (χ0n) is 17.9. The van der Waals surface area contributed by atoms with E-state index in [9.17, 15) is 24.3 Å². The Morgan fingerprint density at radius 2 is 1.80 bits per heavy atom. The standard InChI is InChI=1S/C21H16BrN3O6S4/c1-2-23-11-7-10(22)3-4-12(11)33-14(23)6-5-13-18(30)24(8-15(26)27)20(34-13)17-19(31)25(9-16(28)29)21(32)35-17/h3-7H,2,8-9H2,1H3,(H,26,27)(H,28,29). The van der Waals surface area contributed by atoms with Crippen molar-refractivity contribution in [3.8, 4) is 0 Å². The molecule has 182 valence electrons. The van der Waals surface area contributed by atoms with Crippen molar-refractivity contribution in [1.29, 1.82) is 0 Å². The van der Waals surface area contributed by atoms with Gasteiger partial charge >= 0.3 is 11.9 Å². The normalized spacial score (nSPS) is 18.7. The first kappa shape index (κ1) is 25.7. The molecule has 0 saturated carbocycles. The van der Waals surface area contributed by atoms with Crippen LogP contribution in [0.3, 0.4) is 0 Å². The van der Waals surface area contributed by atoms with Gasteiger partial charge in [0, 0.05) is 15.9 Å². The minimum atomic E-state index is -1.25. The van der Waals surface area contributed by atoms with Crippen LogP contribution in [0.4, 0.5) is 5.69 Å². The maximum Gasteiger partial charge on any atom is 0.323 e. The molecule has 1 amide bonds. The topological polar surface area (TPSA) is 120 Å². The van der Waals surface area contributed by atoms with Gasteiger partial charge in [-0.05, 0) is 37.3 Å². The summed E-state index contributed by atoms with van der Waals surface area (Å²) < 4.78 is 2.37. The molecule has 14 heteroatoms. The molecule has 1 aromatic heterocycles. The van der Waals surface area contributed by atoms with E-state index in [1.54, 1.807) is 23.9 Å². The molecule has 4 rings (SSSR count). The van der Waals surface area contributed by atoms with Crippen LogP contribution in [-0.2, 0) is 20.9 Å². The number of thiazole rings is 1. The highest BCUT2D eigenvalue weighted by Gasteiger charge is 2.35. The first-order valence-corrected chi connectivity index (χ1v) is 13.6. The van der Waals surface area contributed by atoms with Gasteiger partial charge < -0.3 is 15.1 Å². The number of fused-ring (bicyclic) bond motifs is 1. The fourth-order valence-corrected chi connectivity index (χ4v) is 7.36. The summed E-state index contributed by atoms with van der Waals surface area (Å²) in [4.78, 5) is 52.6. The lowest BCUT2D eigenvalue weighted by Gasteiger charge is -2.17. The summed E-state index contributed by atoms with van der Waals surface area (Å²) in [6, 6.07) is 5.97. The van der Waals surface area contributed by atoms with E-state index in [0.717, 1.165) is 52.7 Å². The Labute approximate surface area is 224 Å². The third-order valence-corrected chi connectivity index (χ3v) is 9.26. The molecule has 0 aliphatic carbocycles. The largest absolute Gasteiger partial charge is 0.480 e. The number of thiocarbonyl (C=S) groups is 1. The summed E-state index contributed by atoms with van der Waals surface area (Å²) in [6.07, 6.45) is 3.40. The van der Waals surface area contributed by atoms with Gasteiger partial charge in [-0.2, -0.15) is 0 Å². The van der Waals surface area contributed by atoms with Crippen LogP contribution in [0, 0.1) is 0 Å². The van der Waals surface area contributed by atoms with Crippen molar-refractivity contribution in [1.82, 2.24) is 9.47 Å². The Bertz CT molecular complexity index is 1500. The van der Waals surface area contributed by atoms with Crippen LogP contribution in [-0.4, -0.2) is 54.9 Å². The smallest absolute Gasteiger partial charge is 0.323 e. The first-order valence-electron chi connectivity index (χ1n) is 9.98. The molecule has 2 aliphatic heterocycles. The number of thioether (sulfide) groups is 2. The van der Waals surface area contributed by atoms with E-state index in [2.05, 4.69) is 20.8 Å². The summed E-state index contributed by atoms with van der Waals surface area (Å²) in [5.74, 6) is -3.15. The second-order valence-corrected chi connectivity index (χ2v) is 11.8. The SMILES string of the molecule is CCN1C(=CC=c2sc(=C3SC(=S)N(CC(=O)O)C3=O)n(CC(=O)O)c2=O)Sc2ccc(Br)cc21. The maximum absolute atomic E-state index is 13.1. The molecule has 0 spiro atoms. The average Bonchev–Trinajstić information content (AvgIpc) is 3.38. The van der Waals surface area contributed by atoms with Gasteiger partial charge in [0.1, 0.15) is 27.0 Å². The summed E-state index contributed by atoms with van der Waals surface area (Å²) in [5.41, 5.74) is 0.483. The van der Waals surface area contributed by atoms with Gasteiger partial charge in [0.15, 0.2) is 0 Å². The zero-order valence-corrected chi connectivity index (χ0v) is 22.7. The van der Waals surface area contributed by atoms with Gasteiger partial charge in [-0.3, -0.25) is 28.6 Å². The Morgan fingerprint density at radius 1 is 1.09 bits per heavy atom. The number of hydrogen-bond acceptors (Lipinski definition) is 9. The van der Waals surface area contributed by atoms with Crippen LogP contribution in [0.5, 0.6) is 0 Å². The van der Waals surface area contributed by atoms with Crippen LogP contribution < -0.4 is 19.7 Å². The lowest BCUT2D eigenvalue weighted by atomic mass is 10.3. The average molecular weight is 615 g/mol. The lowest BCUT2D eigenvalue weighted by molar-refractivity contribution is -0.140. The molecule has 35 heavy (non-hydrogen) atoms. The molecular weight excluding hydrogens is 598 g/mol. The number of aliphatic carboxylic acids is 2. The number of allylic oxidation sites excluding steroid dienone is 1. The molecule has 2 aromatic rings. The first-order chi connectivity index (χ1) is 16.6. The van der Waals surface area contributed by atoms with Crippen molar-refractivity contribution >= 4 is 102 Å². The van der Waals surface area contributed by atoms with E-state index in [4.69, 9.17) is 17.3 Å². The van der Waals surface area contributed by atoms with Crippen LogP contribution >= 0.6 is 63.0 Å². The molecule has 3 heterocycles. The zero-order chi connectivity index (χ0) is 25.4. The lowest BCUT2D eigenvalue weighted by Crippen LogP contribution is -2.36. The van der Waals surface area contributed by atoms with Crippen molar-refractivity contribution in [2.24, 2.45) is 0 Å². The second-order valence-electron chi connectivity index (χ2n) is 7.17. The summed E-state index contributed by atoms with van der Waals surface area (Å²) in [5, 5.41) is 19.3. The highest BCUT2D eigenvalue weighted by atomic mass is 79.9. The molecule has 0 bridgehead atoms. The number of hydrogen-bond donors (Lipinski definition) is 2. The number of halogens is 1. The van der Waals surface area contributed by atoms with Gasteiger partial charge in [-0.25, -0.2) is 0 Å². The van der Waals surface area contributed by atoms with Crippen LogP contribution in [0.1, 0.15) is 6.92 Å². The second kappa shape index (κ2) is 10.3. The molecule has 9 nitrogen and oxygen atoms in total. The number of anilines is 1. The van der Waals surface area contributed by atoms with Crippen LogP contribution in [0.15, 0.2) is 43.5 Å². The predicted octanol–water partition coefficient (Wildman–Crippen LogP) is 2.06. The number of nitrogens with zero attached hydrogens (tertiary/aromatic N) is 3. The molecule has 1 fully saturated rings. The van der Waals surface area contributed by atoms with Crippen molar-refractivity contribution in [2.45, 2.75) is 18.4 Å². The van der Waals surface area contributed by atoms with E-state index in [1.165, 1.54) is 0 Å². The fraction of sp³-hybridized carbons (Fsp3) is 0.190. The maximum atomic E-state index is 13.1. The molecule has 0 atom stereocenters. The molecule has 1 saturated heterocycles. The van der Waals surface area contributed by atoms with E-state index >= 15 is 0 Å². The Balaban J connectivity index is 1.83. The van der Waals surface area contributed by atoms with Crippen LogP contribution in [0.2, 0.25) is 0 Å². The van der Waals surface area contributed by atoms with Gasteiger partial charge in [0.05, 0.1) is 15.2 Å². The van der Waals surface area contributed by atoms with Gasteiger partial charge in [0.25, 0.3) is 11.5 Å². The summed E-state index contributed by atoms with van der Waals surface area (Å²) in [7, 11) is 0. The number of rotatable bonds is 6. The number of carboxylic acids is 2. The van der Waals surface area contributed by atoms with Crippen molar-refractivity contribution < 1.29 is 24.6 Å². The minimum absolute atomic E-state index is 0.0349. The number of carbonyl (C=O) groups is 3. The highest BCUT2D eigenvalue weighted by molar-refractivity contribution is 9.10. The minimum Gasteiger partial charge on any atom is -0.480 e. The monoisotopic (exact) mass is 613 g/mol. The number of aromatic nitrogens is 1. The summed E-state index contributed by atoms with van der Waals surface area (Å²) in [6.45, 7) is 1.45. The van der Waals surface area contributed by atoms with Gasteiger partial charge in [0.2, 0.25) is 0 Å². The van der Waals surface area contributed by atoms with E-state index in [1.807, 2.05) is 25.1 Å². The number of carbonyl (C=O) groups excluding carboxylic acids is 1. The Kier molecular flexibility index (Phi) is 7.57. The number of benzene rings is 1. The third kappa shape index (κ3) is 5.11. The summed E-state index contributed by atoms with van der Waals surface area (Å²) >= 11 is 12.0. The van der Waals surface area contributed by atoms with Gasteiger partial charge in [-0.15, -0.1) is 11.3 Å². The van der Waals surface area contributed by atoms with Crippen molar-refractivity contribution in [3.05, 3.63) is 53.3 Å². The molecule has 2 aliphatic rings. The predicted molar refractivity (Wildman–Crippen MR) is 144 cm³/mol. The molecule has 2 N–H and O–H groups in total. The highest BCUT2D eigenvalue weighted by Crippen LogP contribution is 2.46. The number of amides is 1. The fourth-order valence-electron chi connectivity index (χ4n) is 3.45. The molecule has 1 aromatic carbocycles. The van der Waals surface area contributed by atoms with Gasteiger partial charge in [-0.1, -0.05) is 51.7 Å². The Morgan fingerprint density at radius 3 is 2.46 bits per heavy atom. The molecular formula is C21H16BrN3O6S4. The quantitative estimate of drug-likeness (QED) is 0.468.